The zero-order chi connectivity index (χ0) is 20.9. The van der Waals surface area contributed by atoms with Gasteiger partial charge in [0.1, 0.15) is 18.3 Å². The molecule has 160 valence electrons. The number of rotatable bonds is 6. The summed E-state index contributed by atoms with van der Waals surface area (Å²) in [6.07, 6.45) is 7.76. The highest BCUT2D eigenvalue weighted by Gasteiger charge is 2.31. The van der Waals surface area contributed by atoms with Gasteiger partial charge in [0, 0.05) is 19.0 Å². The first-order chi connectivity index (χ1) is 14.6. The maximum atomic E-state index is 12.1. The topological polar surface area (TPSA) is 115 Å². The Hall–Kier alpha value is -3.07. The number of nitrogens with zero attached hydrogens (tertiary/aromatic N) is 2. The summed E-state index contributed by atoms with van der Waals surface area (Å²) < 4.78 is 5.65. The van der Waals surface area contributed by atoms with E-state index in [2.05, 4.69) is 25.8 Å². The van der Waals surface area contributed by atoms with Gasteiger partial charge in [-0.05, 0) is 37.1 Å². The average molecular weight is 413 g/mol. The molecule has 9 nitrogen and oxygen atoms in total. The van der Waals surface area contributed by atoms with E-state index in [1.165, 1.54) is 31.4 Å². The van der Waals surface area contributed by atoms with Gasteiger partial charge in [0.2, 0.25) is 5.91 Å². The van der Waals surface area contributed by atoms with Crippen LogP contribution in [0.1, 0.15) is 48.9 Å². The SMILES string of the molecule is O=C1CCN(C2CCCCC2)C2=C(C=NC(NCOc3ccc(C(=O)O)cc3)N2)N1. The van der Waals surface area contributed by atoms with Gasteiger partial charge in [-0.15, -0.1) is 0 Å². The highest BCUT2D eigenvalue weighted by Crippen LogP contribution is 2.27. The Kier molecular flexibility index (Phi) is 6.18. The van der Waals surface area contributed by atoms with Crippen LogP contribution in [0.15, 0.2) is 40.8 Å². The molecular weight excluding hydrogens is 386 g/mol. The van der Waals surface area contributed by atoms with Gasteiger partial charge < -0.3 is 25.4 Å². The first kappa shape index (κ1) is 20.2. The van der Waals surface area contributed by atoms with Crippen LogP contribution in [0.3, 0.4) is 0 Å². The van der Waals surface area contributed by atoms with Crippen LogP contribution in [0.2, 0.25) is 0 Å². The number of nitrogens with one attached hydrogen (secondary N) is 3. The number of carbonyl (C=O) groups excluding carboxylic acids is 1. The summed E-state index contributed by atoms with van der Waals surface area (Å²) in [5, 5.41) is 18.5. The molecule has 1 aliphatic carbocycles. The highest BCUT2D eigenvalue weighted by molar-refractivity contribution is 5.89. The molecule has 1 aromatic carbocycles. The van der Waals surface area contributed by atoms with Crippen molar-refractivity contribution in [3.8, 4) is 5.75 Å². The fraction of sp³-hybridized carbons (Fsp3) is 0.476. The third-order valence-electron chi connectivity index (χ3n) is 5.65. The van der Waals surface area contributed by atoms with E-state index in [-0.39, 0.29) is 24.5 Å². The van der Waals surface area contributed by atoms with E-state index >= 15 is 0 Å². The number of ether oxygens (including phenoxy) is 1. The Morgan fingerprint density at radius 2 is 2.00 bits per heavy atom. The molecule has 1 atom stereocenters. The Balaban J connectivity index is 1.37. The molecule has 0 spiro atoms. The molecule has 3 aliphatic rings. The molecule has 2 heterocycles. The largest absolute Gasteiger partial charge is 0.478 e. The van der Waals surface area contributed by atoms with Crippen molar-refractivity contribution in [3.05, 3.63) is 41.3 Å². The van der Waals surface area contributed by atoms with Crippen LogP contribution in [0, 0.1) is 0 Å². The molecule has 0 saturated heterocycles. The summed E-state index contributed by atoms with van der Waals surface area (Å²) in [5.41, 5.74) is 0.929. The van der Waals surface area contributed by atoms with Crippen LogP contribution in [-0.4, -0.2) is 53.7 Å². The van der Waals surface area contributed by atoms with Crippen molar-refractivity contribution in [2.45, 2.75) is 50.9 Å². The Bertz CT molecular complexity index is 845. The van der Waals surface area contributed by atoms with Gasteiger partial charge >= 0.3 is 5.97 Å². The molecule has 0 bridgehead atoms. The number of carboxylic acid groups (broad SMARTS) is 1. The van der Waals surface area contributed by atoms with Crippen molar-refractivity contribution in [2.24, 2.45) is 4.99 Å². The minimum Gasteiger partial charge on any atom is -0.478 e. The summed E-state index contributed by atoms with van der Waals surface area (Å²) in [6.45, 7) is 0.884. The van der Waals surface area contributed by atoms with Crippen LogP contribution < -0.4 is 20.7 Å². The number of carbonyl (C=O) groups is 2. The lowest BCUT2D eigenvalue weighted by Gasteiger charge is -2.39. The first-order valence-electron chi connectivity index (χ1n) is 10.4. The van der Waals surface area contributed by atoms with Gasteiger partial charge in [0.05, 0.1) is 17.5 Å². The van der Waals surface area contributed by atoms with E-state index in [4.69, 9.17) is 9.84 Å². The van der Waals surface area contributed by atoms with Crippen LogP contribution >= 0.6 is 0 Å². The minimum absolute atomic E-state index is 0.00797. The number of aliphatic imine (C=N–C) groups is 1. The molecular formula is C21H27N5O4. The van der Waals surface area contributed by atoms with E-state index in [0.29, 0.717) is 30.5 Å². The number of hydrogen-bond acceptors (Lipinski definition) is 7. The van der Waals surface area contributed by atoms with Crippen molar-refractivity contribution in [1.29, 1.82) is 0 Å². The van der Waals surface area contributed by atoms with E-state index < -0.39 is 5.97 Å². The molecule has 1 amide bonds. The van der Waals surface area contributed by atoms with Gasteiger partial charge in [-0.3, -0.25) is 9.79 Å². The van der Waals surface area contributed by atoms with Crippen molar-refractivity contribution in [1.82, 2.24) is 20.9 Å². The van der Waals surface area contributed by atoms with Gasteiger partial charge in [-0.1, -0.05) is 19.3 Å². The molecule has 4 N–H and O–H groups in total. The summed E-state index contributed by atoms with van der Waals surface area (Å²) in [5.74, 6) is 0.514. The molecule has 0 radical (unpaired) electrons. The summed E-state index contributed by atoms with van der Waals surface area (Å²) in [4.78, 5) is 29.8. The van der Waals surface area contributed by atoms with Gasteiger partial charge in [0.25, 0.3) is 0 Å². The number of benzene rings is 1. The second-order valence-corrected chi connectivity index (χ2v) is 7.69. The summed E-state index contributed by atoms with van der Waals surface area (Å²) in [6, 6.07) is 6.67. The molecule has 30 heavy (non-hydrogen) atoms. The van der Waals surface area contributed by atoms with Crippen LogP contribution in [-0.2, 0) is 4.79 Å². The molecule has 1 aromatic rings. The normalized spacial score (nSPS) is 22.1. The summed E-state index contributed by atoms with van der Waals surface area (Å²) in [7, 11) is 0. The molecule has 1 fully saturated rings. The Labute approximate surface area is 175 Å². The fourth-order valence-corrected chi connectivity index (χ4v) is 4.09. The van der Waals surface area contributed by atoms with E-state index in [1.54, 1.807) is 18.3 Å². The van der Waals surface area contributed by atoms with Gasteiger partial charge in [-0.2, -0.15) is 0 Å². The first-order valence-corrected chi connectivity index (χ1v) is 10.4. The molecule has 1 unspecified atom stereocenters. The standard InChI is InChI=1S/C21H27N5O4/c27-18-10-11-26(15-4-2-1-3-5-15)19-17(24-18)12-22-21(25-19)23-13-30-16-8-6-14(7-9-16)20(28)29/h6-9,12,15,21,23,25H,1-5,10-11,13H2,(H,24,27)(H,28,29). The van der Waals surface area contributed by atoms with Crippen LogP contribution in [0.4, 0.5) is 0 Å². The predicted octanol–water partition coefficient (Wildman–Crippen LogP) is 1.59. The molecule has 4 rings (SSSR count). The van der Waals surface area contributed by atoms with E-state index in [9.17, 15) is 9.59 Å². The predicted molar refractivity (Wildman–Crippen MR) is 111 cm³/mol. The lowest BCUT2D eigenvalue weighted by Crippen LogP contribution is -2.51. The maximum absolute atomic E-state index is 12.1. The Morgan fingerprint density at radius 1 is 1.23 bits per heavy atom. The third kappa shape index (κ3) is 4.73. The second kappa shape index (κ2) is 9.17. The van der Waals surface area contributed by atoms with Crippen molar-refractivity contribution in [3.63, 3.8) is 0 Å². The van der Waals surface area contributed by atoms with Gasteiger partial charge in [-0.25, -0.2) is 10.1 Å². The van der Waals surface area contributed by atoms with Crippen molar-refractivity contribution < 1.29 is 19.4 Å². The average Bonchev–Trinajstić information content (AvgIpc) is 2.92. The minimum atomic E-state index is -0.970. The lowest BCUT2D eigenvalue weighted by molar-refractivity contribution is -0.120. The fourth-order valence-electron chi connectivity index (χ4n) is 4.09. The van der Waals surface area contributed by atoms with Crippen molar-refractivity contribution in [2.75, 3.05) is 13.3 Å². The zero-order valence-electron chi connectivity index (χ0n) is 16.8. The molecule has 2 aliphatic heterocycles. The number of aromatic carboxylic acids is 1. The quantitative estimate of drug-likeness (QED) is 0.524. The monoisotopic (exact) mass is 413 g/mol. The molecule has 0 aromatic heterocycles. The summed E-state index contributed by atoms with van der Waals surface area (Å²) >= 11 is 0. The van der Waals surface area contributed by atoms with Crippen LogP contribution in [0.25, 0.3) is 0 Å². The third-order valence-corrected chi connectivity index (χ3v) is 5.65. The number of hydrogen-bond donors (Lipinski definition) is 4. The smallest absolute Gasteiger partial charge is 0.335 e. The number of carboxylic acids is 1. The lowest BCUT2D eigenvalue weighted by atomic mass is 9.94. The Morgan fingerprint density at radius 3 is 2.73 bits per heavy atom. The number of allylic oxidation sites excluding steroid dienone is 1. The van der Waals surface area contributed by atoms with Gasteiger partial charge in [0.15, 0.2) is 6.29 Å². The molecule has 1 saturated carbocycles. The second-order valence-electron chi connectivity index (χ2n) is 7.69. The van der Waals surface area contributed by atoms with E-state index in [0.717, 1.165) is 18.7 Å². The molecule has 9 heteroatoms. The zero-order valence-corrected chi connectivity index (χ0v) is 16.8. The van der Waals surface area contributed by atoms with Crippen LogP contribution in [0.5, 0.6) is 5.75 Å². The highest BCUT2D eigenvalue weighted by atomic mass is 16.5. The van der Waals surface area contributed by atoms with Crippen molar-refractivity contribution >= 4 is 18.1 Å². The number of amides is 1. The maximum Gasteiger partial charge on any atom is 0.335 e. The van der Waals surface area contributed by atoms with E-state index in [1.807, 2.05) is 0 Å².